The summed E-state index contributed by atoms with van der Waals surface area (Å²) in [6.45, 7) is 7.41. The van der Waals surface area contributed by atoms with Crippen molar-refractivity contribution in [3.63, 3.8) is 0 Å². The van der Waals surface area contributed by atoms with Crippen LogP contribution in [0.5, 0.6) is 0 Å². The molecule has 0 bridgehead atoms. The SMILES string of the molecule is CC1CC(F)(CNC(=O)OC(C)(C)C)C1. The first-order chi connectivity index (χ1) is 6.70. The zero-order valence-corrected chi connectivity index (χ0v) is 9.89. The number of halogens is 1. The number of nitrogens with one attached hydrogen (secondary N) is 1. The summed E-state index contributed by atoms with van der Waals surface area (Å²) in [6, 6.07) is 0. The van der Waals surface area contributed by atoms with E-state index in [4.69, 9.17) is 4.74 Å². The Labute approximate surface area is 90.4 Å². The Morgan fingerprint density at radius 3 is 2.47 bits per heavy atom. The van der Waals surface area contributed by atoms with E-state index in [1.165, 1.54) is 0 Å². The van der Waals surface area contributed by atoms with Gasteiger partial charge in [0.1, 0.15) is 11.3 Å². The molecule has 0 spiro atoms. The van der Waals surface area contributed by atoms with Crippen LogP contribution in [0.25, 0.3) is 0 Å². The van der Waals surface area contributed by atoms with Crippen LogP contribution in [0.4, 0.5) is 9.18 Å². The van der Waals surface area contributed by atoms with E-state index < -0.39 is 17.4 Å². The number of amides is 1. The van der Waals surface area contributed by atoms with E-state index in [0.717, 1.165) is 0 Å². The summed E-state index contributed by atoms with van der Waals surface area (Å²) >= 11 is 0. The number of ether oxygens (including phenoxy) is 1. The number of rotatable bonds is 2. The van der Waals surface area contributed by atoms with Gasteiger partial charge in [0.2, 0.25) is 0 Å². The number of hydrogen-bond acceptors (Lipinski definition) is 2. The molecule has 0 radical (unpaired) electrons. The van der Waals surface area contributed by atoms with E-state index in [1.54, 1.807) is 20.8 Å². The molecule has 1 N–H and O–H groups in total. The van der Waals surface area contributed by atoms with Gasteiger partial charge in [-0.2, -0.15) is 0 Å². The van der Waals surface area contributed by atoms with Gasteiger partial charge < -0.3 is 10.1 Å². The zero-order chi connectivity index (χ0) is 11.7. The van der Waals surface area contributed by atoms with Crippen molar-refractivity contribution >= 4 is 6.09 Å². The van der Waals surface area contributed by atoms with Gasteiger partial charge >= 0.3 is 6.09 Å². The Bertz CT molecular complexity index is 241. The number of alkyl halides is 1. The summed E-state index contributed by atoms with van der Waals surface area (Å²) in [7, 11) is 0. The first-order valence-electron chi connectivity index (χ1n) is 5.36. The lowest BCUT2D eigenvalue weighted by atomic mass is 9.73. The summed E-state index contributed by atoms with van der Waals surface area (Å²) < 4.78 is 18.7. The van der Waals surface area contributed by atoms with Crippen molar-refractivity contribution in [3.8, 4) is 0 Å². The fourth-order valence-corrected chi connectivity index (χ4v) is 1.88. The minimum absolute atomic E-state index is 0.0618. The fraction of sp³-hybridized carbons (Fsp3) is 0.909. The summed E-state index contributed by atoms with van der Waals surface area (Å²) in [5, 5.41) is 2.47. The second-order valence-electron chi connectivity index (χ2n) is 5.52. The lowest BCUT2D eigenvalue weighted by Crippen LogP contribution is -2.49. The van der Waals surface area contributed by atoms with Gasteiger partial charge in [-0.05, 0) is 39.5 Å². The molecule has 1 aliphatic carbocycles. The summed E-state index contributed by atoms with van der Waals surface area (Å²) in [6.07, 6.45) is 0.519. The Kier molecular flexibility index (Phi) is 3.26. The normalized spacial score (nSPS) is 30.6. The average Bonchev–Trinajstić information content (AvgIpc) is 1.95. The molecule has 4 heteroatoms. The monoisotopic (exact) mass is 217 g/mol. The number of alkyl carbamates (subject to hydrolysis) is 1. The minimum Gasteiger partial charge on any atom is -0.444 e. The molecule has 1 aliphatic rings. The van der Waals surface area contributed by atoms with E-state index in [1.807, 2.05) is 6.92 Å². The molecular weight excluding hydrogens is 197 g/mol. The van der Waals surface area contributed by atoms with Crippen LogP contribution >= 0.6 is 0 Å². The molecule has 3 nitrogen and oxygen atoms in total. The van der Waals surface area contributed by atoms with Crippen LogP contribution < -0.4 is 5.32 Å². The number of carbonyl (C=O) groups excluding carboxylic acids is 1. The lowest BCUT2D eigenvalue weighted by molar-refractivity contribution is 0.00778. The predicted octanol–water partition coefficient (Wildman–Crippen LogP) is 2.65. The van der Waals surface area contributed by atoms with E-state index in [-0.39, 0.29) is 6.54 Å². The molecule has 0 aromatic carbocycles. The van der Waals surface area contributed by atoms with Crippen LogP contribution in [0.3, 0.4) is 0 Å². The van der Waals surface area contributed by atoms with Crippen LogP contribution in [0.1, 0.15) is 40.5 Å². The molecule has 0 aliphatic heterocycles. The third-order valence-electron chi connectivity index (χ3n) is 2.38. The minimum atomic E-state index is -1.21. The third-order valence-corrected chi connectivity index (χ3v) is 2.38. The topological polar surface area (TPSA) is 38.3 Å². The fourth-order valence-electron chi connectivity index (χ4n) is 1.88. The van der Waals surface area contributed by atoms with Crippen LogP contribution in [0, 0.1) is 5.92 Å². The van der Waals surface area contributed by atoms with Crippen LogP contribution in [-0.4, -0.2) is 23.9 Å². The second kappa shape index (κ2) is 3.99. The molecule has 88 valence electrons. The first kappa shape index (κ1) is 12.3. The first-order valence-corrected chi connectivity index (χ1v) is 5.36. The summed E-state index contributed by atoms with van der Waals surface area (Å²) in [5.41, 5.74) is -1.74. The van der Waals surface area contributed by atoms with Gasteiger partial charge in [0.15, 0.2) is 0 Å². The zero-order valence-electron chi connectivity index (χ0n) is 9.89. The van der Waals surface area contributed by atoms with Gasteiger partial charge in [0.25, 0.3) is 0 Å². The van der Waals surface area contributed by atoms with E-state index in [9.17, 15) is 9.18 Å². The van der Waals surface area contributed by atoms with Crippen molar-refractivity contribution in [2.45, 2.75) is 51.8 Å². The molecule has 15 heavy (non-hydrogen) atoms. The van der Waals surface area contributed by atoms with Crippen molar-refractivity contribution in [2.24, 2.45) is 5.92 Å². The Morgan fingerprint density at radius 2 is 2.07 bits per heavy atom. The van der Waals surface area contributed by atoms with Gasteiger partial charge in [-0.15, -0.1) is 0 Å². The molecule has 0 aromatic rings. The molecule has 0 atom stereocenters. The predicted molar refractivity (Wildman–Crippen MR) is 56.5 cm³/mol. The highest BCUT2D eigenvalue weighted by Gasteiger charge is 2.42. The maximum atomic E-state index is 13.7. The van der Waals surface area contributed by atoms with Crippen molar-refractivity contribution in [3.05, 3.63) is 0 Å². The molecule has 1 saturated carbocycles. The van der Waals surface area contributed by atoms with Gasteiger partial charge in [0, 0.05) is 0 Å². The van der Waals surface area contributed by atoms with Gasteiger partial charge in [-0.25, -0.2) is 9.18 Å². The van der Waals surface area contributed by atoms with E-state index >= 15 is 0 Å². The summed E-state index contributed by atoms with van der Waals surface area (Å²) in [4.78, 5) is 11.2. The van der Waals surface area contributed by atoms with Crippen LogP contribution in [-0.2, 0) is 4.74 Å². The molecule has 1 rings (SSSR count). The average molecular weight is 217 g/mol. The highest BCUT2D eigenvalue weighted by molar-refractivity contribution is 5.67. The standard InChI is InChI=1S/C11H20FNO2/c1-8-5-11(12,6-8)7-13-9(14)15-10(2,3)4/h8H,5-7H2,1-4H3,(H,13,14). The van der Waals surface area contributed by atoms with Crippen molar-refractivity contribution in [1.82, 2.24) is 5.32 Å². The Balaban J connectivity index is 2.23. The molecule has 1 amide bonds. The highest BCUT2D eigenvalue weighted by Crippen LogP contribution is 2.40. The van der Waals surface area contributed by atoms with Crippen LogP contribution in [0.2, 0.25) is 0 Å². The largest absolute Gasteiger partial charge is 0.444 e. The molecule has 0 heterocycles. The number of hydrogen-bond donors (Lipinski definition) is 1. The Morgan fingerprint density at radius 1 is 1.53 bits per heavy atom. The van der Waals surface area contributed by atoms with E-state index in [2.05, 4.69) is 5.32 Å². The van der Waals surface area contributed by atoms with Crippen molar-refractivity contribution in [1.29, 1.82) is 0 Å². The van der Waals surface area contributed by atoms with E-state index in [0.29, 0.717) is 18.8 Å². The van der Waals surface area contributed by atoms with Crippen molar-refractivity contribution < 1.29 is 13.9 Å². The summed E-state index contributed by atoms with van der Waals surface area (Å²) in [5.74, 6) is 0.426. The maximum absolute atomic E-state index is 13.7. The lowest BCUT2D eigenvalue weighted by Gasteiger charge is -2.39. The number of carbonyl (C=O) groups is 1. The van der Waals surface area contributed by atoms with Crippen LogP contribution in [0.15, 0.2) is 0 Å². The van der Waals surface area contributed by atoms with Gasteiger partial charge in [-0.3, -0.25) is 0 Å². The van der Waals surface area contributed by atoms with Gasteiger partial charge in [0.05, 0.1) is 6.54 Å². The molecule has 0 unspecified atom stereocenters. The highest BCUT2D eigenvalue weighted by atomic mass is 19.1. The Hall–Kier alpha value is -0.800. The van der Waals surface area contributed by atoms with Crippen molar-refractivity contribution in [2.75, 3.05) is 6.54 Å². The smallest absolute Gasteiger partial charge is 0.407 e. The molecule has 1 fully saturated rings. The molecular formula is C11H20FNO2. The van der Waals surface area contributed by atoms with Gasteiger partial charge in [-0.1, -0.05) is 6.92 Å². The molecule has 0 aromatic heterocycles. The second-order valence-corrected chi connectivity index (χ2v) is 5.52. The quantitative estimate of drug-likeness (QED) is 0.772. The molecule has 0 saturated heterocycles. The third kappa shape index (κ3) is 4.06. The maximum Gasteiger partial charge on any atom is 0.407 e.